The summed E-state index contributed by atoms with van der Waals surface area (Å²) in [5, 5.41) is 0. The fraction of sp³-hybridized carbons (Fsp3) is 0.700. The van der Waals surface area contributed by atoms with Gasteiger partial charge in [-0.3, -0.25) is 4.79 Å². The maximum absolute atomic E-state index is 13.4. The second-order valence-electron chi connectivity index (χ2n) is 16.1. The zero-order valence-corrected chi connectivity index (χ0v) is 28.8. The normalized spacial score (nSPS) is 34.6. The van der Waals surface area contributed by atoms with Gasteiger partial charge in [-0.2, -0.15) is 0 Å². The van der Waals surface area contributed by atoms with Crippen molar-refractivity contribution in [2.24, 2.45) is 45.3 Å². The van der Waals surface area contributed by atoms with Crippen molar-refractivity contribution in [1.82, 2.24) is 0 Å². The summed E-state index contributed by atoms with van der Waals surface area (Å²) in [6.07, 6.45) is 15.2. The number of ether oxygens (including phenoxy) is 2. The fourth-order valence-electron chi connectivity index (χ4n) is 10.6. The summed E-state index contributed by atoms with van der Waals surface area (Å²) in [5.41, 5.74) is 3.39. The molecule has 0 unspecified atom stereocenters. The van der Waals surface area contributed by atoms with Gasteiger partial charge < -0.3 is 9.47 Å². The minimum absolute atomic E-state index is 0.0109. The Kier molecular flexibility index (Phi) is 9.34. The van der Waals surface area contributed by atoms with Crippen LogP contribution in [0.3, 0.4) is 0 Å². The molecule has 44 heavy (non-hydrogen) atoms. The van der Waals surface area contributed by atoms with E-state index in [2.05, 4.69) is 60.6 Å². The van der Waals surface area contributed by atoms with E-state index in [1.807, 2.05) is 37.3 Å². The highest BCUT2D eigenvalue weighted by Gasteiger charge is 2.64. The first-order chi connectivity index (χ1) is 20.8. The van der Waals surface area contributed by atoms with Crippen LogP contribution in [-0.2, 0) is 14.3 Å². The lowest BCUT2D eigenvalue weighted by Gasteiger charge is -2.62. The number of hydrogen-bond donors (Lipinski definition) is 0. The Bertz CT molecular complexity index is 1270. The van der Waals surface area contributed by atoms with E-state index < -0.39 is 0 Å². The van der Waals surface area contributed by atoms with Crippen molar-refractivity contribution in [1.29, 1.82) is 0 Å². The molecule has 1 fully saturated rings. The zero-order valence-electron chi connectivity index (χ0n) is 28.8. The second-order valence-corrected chi connectivity index (χ2v) is 16.1. The number of benzene rings is 1. The zero-order chi connectivity index (χ0) is 31.9. The average molecular weight is 603 g/mol. The monoisotopic (exact) mass is 602 g/mol. The molecular formula is C40H58O4. The van der Waals surface area contributed by atoms with Crippen molar-refractivity contribution in [2.75, 3.05) is 6.61 Å². The van der Waals surface area contributed by atoms with Crippen LogP contribution in [0.4, 0.5) is 0 Å². The Morgan fingerprint density at radius 3 is 2.34 bits per heavy atom. The highest BCUT2D eigenvalue weighted by molar-refractivity contribution is 5.89. The fourth-order valence-corrected chi connectivity index (χ4v) is 10.6. The lowest BCUT2D eigenvalue weighted by atomic mass is 9.42. The van der Waals surface area contributed by atoms with Crippen LogP contribution in [0.2, 0.25) is 0 Å². The van der Waals surface area contributed by atoms with Crippen LogP contribution in [0.15, 0.2) is 53.6 Å². The van der Waals surface area contributed by atoms with Gasteiger partial charge in [0, 0.05) is 10.8 Å². The van der Waals surface area contributed by atoms with E-state index in [4.69, 9.17) is 9.47 Å². The van der Waals surface area contributed by atoms with E-state index in [9.17, 15) is 9.59 Å². The highest BCUT2D eigenvalue weighted by Crippen LogP contribution is 2.72. The Morgan fingerprint density at radius 1 is 0.932 bits per heavy atom. The van der Waals surface area contributed by atoms with Gasteiger partial charge in [0.05, 0.1) is 18.6 Å². The van der Waals surface area contributed by atoms with Crippen LogP contribution < -0.4 is 0 Å². The number of carbonyl (C=O) groups excluding carboxylic acids is 2. The van der Waals surface area contributed by atoms with Crippen molar-refractivity contribution in [3.8, 4) is 0 Å². The lowest BCUT2D eigenvalue weighted by Crippen LogP contribution is -2.56. The van der Waals surface area contributed by atoms with E-state index in [1.165, 1.54) is 19.3 Å². The molecule has 0 heterocycles. The quantitative estimate of drug-likeness (QED) is 0.197. The molecule has 0 aromatic heterocycles. The molecular weight excluding hydrogens is 544 g/mol. The molecule has 0 spiro atoms. The summed E-state index contributed by atoms with van der Waals surface area (Å²) in [7, 11) is 0. The topological polar surface area (TPSA) is 52.6 Å². The molecule has 242 valence electrons. The Balaban J connectivity index is 1.47. The summed E-state index contributed by atoms with van der Waals surface area (Å²) in [5.74, 6) is 1.93. The number of rotatable bonds is 10. The predicted octanol–water partition coefficient (Wildman–Crippen LogP) is 10.1. The van der Waals surface area contributed by atoms with Gasteiger partial charge in [-0.1, -0.05) is 109 Å². The average Bonchev–Trinajstić information content (AvgIpc) is 3.27. The third-order valence-corrected chi connectivity index (χ3v) is 13.0. The summed E-state index contributed by atoms with van der Waals surface area (Å²) in [4.78, 5) is 26.5. The number of hydrogen-bond acceptors (Lipinski definition) is 4. The van der Waals surface area contributed by atoms with Gasteiger partial charge in [-0.05, 0) is 92.1 Å². The van der Waals surface area contributed by atoms with Crippen LogP contribution in [0.5, 0.6) is 0 Å². The first-order valence-electron chi connectivity index (χ1n) is 17.6. The standard InChI is InChI=1S/C40H58O4/c1-9-43-35(41)26-40-25-21-30(28(4)15-13-14-27(2)3)39(40,8)24-20-31-32(40)18-19-33-37(5,6)34(22-23-38(31,33)7)44-36(42)29-16-11-10-12-17-29/h10-12,16-17,21,25,27-28,30,33-34H,9,13-15,18-20,22-24,26H2,1-8H3/t28-,30-,33+,34+,38-,39-,40-/m1/s1. The van der Waals surface area contributed by atoms with E-state index in [-0.39, 0.29) is 39.7 Å². The van der Waals surface area contributed by atoms with Crippen LogP contribution in [0, 0.1) is 45.3 Å². The Morgan fingerprint density at radius 2 is 1.66 bits per heavy atom. The van der Waals surface area contributed by atoms with Crippen molar-refractivity contribution < 1.29 is 19.1 Å². The highest BCUT2D eigenvalue weighted by atomic mass is 16.5. The molecule has 5 rings (SSSR count). The molecule has 0 N–H and O–H groups in total. The van der Waals surface area contributed by atoms with E-state index >= 15 is 0 Å². The SMILES string of the molecule is CCOC(=O)C[C@@]12C=C[C@H]([C@H](C)CCCC(C)C)[C@@]1(C)CCC1=C2CC[C@H]2C(C)(C)[C@@H](OC(=O)c3ccccc3)CC[C@]12C. The van der Waals surface area contributed by atoms with E-state index in [1.54, 1.807) is 11.1 Å². The van der Waals surface area contributed by atoms with Crippen LogP contribution >= 0.6 is 0 Å². The maximum Gasteiger partial charge on any atom is 0.338 e. The molecule has 1 saturated carbocycles. The molecule has 0 saturated heterocycles. The predicted molar refractivity (Wildman–Crippen MR) is 178 cm³/mol. The molecule has 4 aliphatic carbocycles. The van der Waals surface area contributed by atoms with Crippen molar-refractivity contribution in [3.63, 3.8) is 0 Å². The molecule has 1 aromatic carbocycles. The van der Waals surface area contributed by atoms with Gasteiger partial charge in [0.1, 0.15) is 6.10 Å². The van der Waals surface area contributed by atoms with Crippen LogP contribution in [0.1, 0.15) is 130 Å². The number of carbonyl (C=O) groups is 2. The maximum atomic E-state index is 13.4. The first-order valence-corrected chi connectivity index (χ1v) is 17.6. The molecule has 4 heteroatoms. The van der Waals surface area contributed by atoms with Gasteiger partial charge >= 0.3 is 11.9 Å². The van der Waals surface area contributed by atoms with E-state index in [0.717, 1.165) is 44.4 Å². The van der Waals surface area contributed by atoms with Gasteiger partial charge in [0.15, 0.2) is 0 Å². The lowest BCUT2D eigenvalue weighted by molar-refractivity contribution is -0.147. The van der Waals surface area contributed by atoms with Gasteiger partial charge in [-0.25, -0.2) is 4.79 Å². The number of allylic oxidation sites excluding steroid dienone is 4. The molecule has 4 nitrogen and oxygen atoms in total. The Hall–Kier alpha value is -2.36. The minimum atomic E-state index is -0.279. The third-order valence-electron chi connectivity index (χ3n) is 13.0. The third kappa shape index (κ3) is 5.51. The van der Waals surface area contributed by atoms with Crippen molar-refractivity contribution >= 4 is 11.9 Å². The summed E-state index contributed by atoms with van der Waals surface area (Å²) in [6, 6.07) is 9.41. The largest absolute Gasteiger partial charge is 0.466 e. The van der Waals surface area contributed by atoms with Gasteiger partial charge in [0.2, 0.25) is 0 Å². The van der Waals surface area contributed by atoms with Crippen molar-refractivity contribution in [2.45, 2.75) is 126 Å². The van der Waals surface area contributed by atoms with Gasteiger partial charge in [-0.15, -0.1) is 0 Å². The van der Waals surface area contributed by atoms with Crippen molar-refractivity contribution in [3.05, 3.63) is 59.2 Å². The molecule has 4 aliphatic rings. The number of esters is 2. The summed E-state index contributed by atoms with van der Waals surface area (Å²) >= 11 is 0. The van der Waals surface area contributed by atoms with E-state index in [0.29, 0.717) is 36.3 Å². The molecule has 0 aliphatic heterocycles. The van der Waals surface area contributed by atoms with Crippen LogP contribution in [0.25, 0.3) is 0 Å². The summed E-state index contributed by atoms with van der Waals surface area (Å²) < 4.78 is 11.9. The molecule has 1 aromatic rings. The minimum Gasteiger partial charge on any atom is -0.466 e. The molecule has 0 amide bonds. The Labute approximate surface area is 267 Å². The molecule has 0 radical (unpaired) electrons. The number of fused-ring (bicyclic) bond motifs is 4. The summed E-state index contributed by atoms with van der Waals surface area (Å²) in [6.45, 7) is 19.1. The van der Waals surface area contributed by atoms with Gasteiger partial charge in [0.25, 0.3) is 0 Å². The second kappa shape index (κ2) is 12.4. The first kappa shape index (κ1) is 33.0. The smallest absolute Gasteiger partial charge is 0.338 e. The molecule has 0 bridgehead atoms. The van der Waals surface area contributed by atoms with Crippen LogP contribution in [-0.4, -0.2) is 24.6 Å². The molecule has 7 atom stereocenters.